The molecule has 1 atom stereocenters. The average Bonchev–Trinajstić information content (AvgIpc) is 3.31. The second-order valence-electron chi connectivity index (χ2n) is 8.38. The van der Waals surface area contributed by atoms with Gasteiger partial charge >= 0.3 is 0 Å². The fraction of sp³-hybridized carbons (Fsp3) is 0.222. The van der Waals surface area contributed by atoms with E-state index in [2.05, 4.69) is 17.1 Å². The summed E-state index contributed by atoms with van der Waals surface area (Å²) in [7, 11) is 0. The minimum Gasteiger partial charge on any atom is -0.491 e. The Balaban J connectivity index is 1.43. The van der Waals surface area contributed by atoms with E-state index in [4.69, 9.17) is 4.74 Å². The Morgan fingerprint density at radius 3 is 2.49 bits per heavy atom. The zero-order valence-electron chi connectivity index (χ0n) is 19.6. The van der Waals surface area contributed by atoms with Gasteiger partial charge in [-0.05, 0) is 55.3 Å². The molecule has 0 saturated heterocycles. The maximum absolute atomic E-state index is 13.4. The van der Waals surface area contributed by atoms with Crippen molar-refractivity contribution in [2.24, 2.45) is 0 Å². The van der Waals surface area contributed by atoms with E-state index < -0.39 is 6.10 Å². The van der Waals surface area contributed by atoms with Crippen LogP contribution in [0.1, 0.15) is 18.1 Å². The van der Waals surface area contributed by atoms with Gasteiger partial charge in [0.2, 0.25) is 5.78 Å². The first-order valence-corrected chi connectivity index (χ1v) is 12.5. The first kappa shape index (κ1) is 23.1. The van der Waals surface area contributed by atoms with Crippen LogP contribution in [0.3, 0.4) is 0 Å². The van der Waals surface area contributed by atoms with E-state index in [9.17, 15) is 9.90 Å². The molecule has 1 unspecified atom stereocenters. The Labute approximate surface area is 207 Å². The van der Waals surface area contributed by atoms with Crippen LogP contribution in [0.25, 0.3) is 22.4 Å². The molecule has 8 heteroatoms. The van der Waals surface area contributed by atoms with Gasteiger partial charge in [0.05, 0.1) is 22.7 Å². The number of hydrogen-bond donors (Lipinski definition) is 1. The minimum atomic E-state index is -0.701. The molecule has 0 radical (unpaired) electrons. The standard InChI is InChI=1S/C27H26N4O3S/c1-3-19-10-14-22(15-11-19)34-16-21(32)17-35-27-29-28-26-30(20-12-8-18(2)9-13-20)25(33)23-6-4-5-7-24(23)31(26)27/h4-15,21,32H,3,16-17H2,1-2H3. The second-order valence-corrected chi connectivity index (χ2v) is 9.37. The molecule has 0 bridgehead atoms. The molecule has 2 heterocycles. The lowest BCUT2D eigenvalue weighted by molar-refractivity contribution is 0.126. The normalized spacial score (nSPS) is 12.3. The third-order valence-corrected chi connectivity index (χ3v) is 6.94. The van der Waals surface area contributed by atoms with Crippen LogP contribution >= 0.6 is 11.8 Å². The van der Waals surface area contributed by atoms with Crippen molar-refractivity contribution in [1.29, 1.82) is 0 Å². The van der Waals surface area contributed by atoms with Gasteiger partial charge in [0.1, 0.15) is 12.4 Å². The second kappa shape index (κ2) is 9.93. The zero-order valence-corrected chi connectivity index (χ0v) is 20.4. The number of aliphatic hydroxyl groups excluding tert-OH is 1. The first-order chi connectivity index (χ1) is 17.0. The summed E-state index contributed by atoms with van der Waals surface area (Å²) in [5.41, 5.74) is 3.65. The molecule has 0 saturated carbocycles. The van der Waals surface area contributed by atoms with E-state index in [0.717, 1.165) is 28.9 Å². The molecule has 5 rings (SSSR count). The number of rotatable bonds is 8. The predicted octanol–water partition coefficient (Wildman–Crippen LogP) is 4.44. The van der Waals surface area contributed by atoms with Gasteiger partial charge < -0.3 is 9.84 Å². The molecule has 178 valence electrons. The summed E-state index contributed by atoms with van der Waals surface area (Å²) in [6, 6.07) is 23.1. The maximum Gasteiger partial charge on any atom is 0.267 e. The lowest BCUT2D eigenvalue weighted by Gasteiger charge is -2.13. The summed E-state index contributed by atoms with van der Waals surface area (Å²) >= 11 is 1.38. The summed E-state index contributed by atoms with van der Waals surface area (Å²) in [4.78, 5) is 13.4. The van der Waals surface area contributed by atoms with E-state index >= 15 is 0 Å². The third-order valence-electron chi connectivity index (χ3n) is 5.87. The van der Waals surface area contributed by atoms with E-state index in [1.807, 2.05) is 84.1 Å². The monoisotopic (exact) mass is 486 g/mol. The Morgan fingerprint density at radius 1 is 1.00 bits per heavy atom. The number of aliphatic hydroxyl groups is 1. The van der Waals surface area contributed by atoms with Crippen LogP contribution < -0.4 is 10.3 Å². The van der Waals surface area contributed by atoms with Crippen LogP contribution in [0.4, 0.5) is 0 Å². The molecular formula is C27H26N4O3S. The number of hydrogen-bond acceptors (Lipinski definition) is 6. The van der Waals surface area contributed by atoms with Crippen molar-refractivity contribution in [3.05, 3.63) is 94.3 Å². The molecule has 0 aliphatic carbocycles. The van der Waals surface area contributed by atoms with Crippen LogP contribution in [-0.2, 0) is 6.42 Å². The van der Waals surface area contributed by atoms with Crippen LogP contribution in [-0.4, -0.2) is 42.7 Å². The SMILES string of the molecule is CCc1ccc(OCC(O)CSc2nnc3n(-c4ccc(C)cc4)c(=O)c4ccccc4n23)cc1. The van der Waals surface area contributed by atoms with Crippen molar-refractivity contribution < 1.29 is 9.84 Å². The summed E-state index contributed by atoms with van der Waals surface area (Å²) in [5.74, 6) is 1.53. The van der Waals surface area contributed by atoms with Gasteiger partial charge in [0, 0.05) is 5.75 Å². The van der Waals surface area contributed by atoms with Crippen molar-refractivity contribution in [1.82, 2.24) is 19.2 Å². The average molecular weight is 487 g/mol. The molecule has 0 aliphatic rings. The van der Waals surface area contributed by atoms with Gasteiger partial charge in [-0.25, -0.2) is 4.57 Å². The highest BCUT2D eigenvalue weighted by Gasteiger charge is 2.19. The van der Waals surface area contributed by atoms with E-state index in [-0.39, 0.29) is 12.2 Å². The van der Waals surface area contributed by atoms with Gasteiger partial charge in [0.15, 0.2) is 5.16 Å². The largest absolute Gasteiger partial charge is 0.491 e. The molecular weight excluding hydrogens is 460 g/mol. The van der Waals surface area contributed by atoms with Crippen LogP contribution in [0.15, 0.2) is 82.7 Å². The number of aromatic nitrogens is 4. The Hall–Kier alpha value is -3.62. The number of thioether (sulfide) groups is 1. The highest BCUT2D eigenvalue weighted by atomic mass is 32.2. The summed E-state index contributed by atoms with van der Waals surface area (Å²) in [5, 5.41) is 20.4. The number of benzene rings is 3. The predicted molar refractivity (Wildman–Crippen MR) is 139 cm³/mol. The Bertz CT molecular complexity index is 1530. The molecule has 1 N–H and O–H groups in total. The number of para-hydroxylation sites is 1. The quantitative estimate of drug-likeness (QED) is 0.327. The fourth-order valence-electron chi connectivity index (χ4n) is 3.93. The number of fused-ring (bicyclic) bond motifs is 3. The molecule has 0 spiro atoms. The van der Waals surface area contributed by atoms with Gasteiger partial charge in [-0.3, -0.25) is 9.20 Å². The van der Waals surface area contributed by atoms with Crippen molar-refractivity contribution in [2.75, 3.05) is 12.4 Å². The lowest BCUT2D eigenvalue weighted by atomic mass is 10.2. The van der Waals surface area contributed by atoms with Crippen LogP contribution in [0.2, 0.25) is 0 Å². The highest BCUT2D eigenvalue weighted by Crippen LogP contribution is 2.24. The molecule has 0 fully saturated rings. The van der Waals surface area contributed by atoms with Crippen LogP contribution in [0, 0.1) is 6.92 Å². The molecule has 3 aromatic carbocycles. The van der Waals surface area contributed by atoms with E-state index in [0.29, 0.717) is 22.1 Å². The van der Waals surface area contributed by atoms with Crippen molar-refractivity contribution in [3.8, 4) is 11.4 Å². The smallest absolute Gasteiger partial charge is 0.267 e. The van der Waals surface area contributed by atoms with Crippen LogP contribution in [0.5, 0.6) is 5.75 Å². The summed E-state index contributed by atoms with van der Waals surface area (Å²) in [6.45, 7) is 4.28. The number of aryl methyl sites for hydroxylation is 2. The molecule has 35 heavy (non-hydrogen) atoms. The molecule has 2 aromatic heterocycles. The Morgan fingerprint density at radius 2 is 1.74 bits per heavy atom. The Kier molecular flexibility index (Phi) is 6.57. The first-order valence-electron chi connectivity index (χ1n) is 11.5. The highest BCUT2D eigenvalue weighted by molar-refractivity contribution is 7.99. The third kappa shape index (κ3) is 4.67. The van der Waals surface area contributed by atoms with Gasteiger partial charge in [0.25, 0.3) is 5.56 Å². The minimum absolute atomic E-state index is 0.150. The molecule has 5 aromatic rings. The van der Waals surface area contributed by atoms with Gasteiger partial charge in [-0.2, -0.15) is 0 Å². The van der Waals surface area contributed by atoms with E-state index in [1.165, 1.54) is 17.3 Å². The van der Waals surface area contributed by atoms with Crippen molar-refractivity contribution >= 4 is 28.4 Å². The molecule has 7 nitrogen and oxygen atoms in total. The van der Waals surface area contributed by atoms with Gasteiger partial charge in [-0.1, -0.05) is 60.6 Å². The topological polar surface area (TPSA) is 81.7 Å². The van der Waals surface area contributed by atoms with E-state index in [1.54, 1.807) is 4.57 Å². The van der Waals surface area contributed by atoms with Crippen molar-refractivity contribution in [3.63, 3.8) is 0 Å². The lowest BCUT2D eigenvalue weighted by Crippen LogP contribution is -2.22. The summed E-state index contributed by atoms with van der Waals surface area (Å²) in [6.07, 6.45) is 0.269. The number of nitrogens with zero attached hydrogens (tertiary/aromatic N) is 4. The zero-order chi connectivity index (χ0) is 24.4. The fourth-order valence-corrected chi connectivity index (χ4v) is 4.78. The van der Waals surface area contributed by atoms with Crippen molar-refractivity contribution in [2.45, 2.75) is 31.5 Å². The molecule has 0 amide bonds. The summed E-state index contributed by atoms with van der Waals surface area (Å²) < 4.78 is 9.20. The van der Waals surface area contributed by atoms with Gasteiger partial charge in [-0.15, -0.1) is 10.2 Å². The number of ether oxygens (including phenoxy) is 1. The molecule has 0 aliphatic heterocycles. The maximum atomic E-state index is 13.4.